The smallest absolute Gasteiger partial charge is 0.333 e. The molecule has 0 aliphatic carbocycles. The van der Waals surface area contributed by atoms with Gasteiger partial charge in [0.25, 0.3) is 0 Å². The second-order valence-electron chi connectivity index (χ2n) is 8.27. The molecule has 0 saturated carbocycles. The van der Waals surface area contributed by atoms with E-state index in [1.54, 1.807) is 6.92 Å². The minimum Gasteiger partial charge on any atom is -0.491 e. The summed E-state index contributed by atoms with van der Waals surface area (Å²) in [5.41, 5.74) is 5.03. The van der Waals surface area contributed by atoms with Gasteiger partial charge in [0.2, 0.25) is 0 Å². The molecule has 0 bridgehead atoms. The summed E-state index contributed by atoms with van der Waals surface area (Å²) in [7, 11) is 0. The van der Waals surface area contributed by atoms with Crippen LogP contribution in [0.25, 0.3) is 22.2 Å². The molecule has 2 aromatic carbocycles. The number of carbonyl (C=O) groups is 1. The zero-order chi connectivity index (χ0) is 23.1. The number of esters is 1. The van der Waals surface area contributed by atoms with Gasteiger partial charge in [-0.25, -0.2) is 4.79 Å². The van der Waals surface area contributed by atoms with Crippen LogP contribution in [0.15, 0.2) is 60.7 Å². The predicted octanol–water partition coefficient (Wildman–Crippen LogP) is 5.67. The van der Waals surface area contributed by atoms with E-state index in [9.17, 15) is 9.90 Å². The van der Waals surface area contributed by atoms with Gasteiger partial charge >= 0.3 is 5.97 Å². The summed E-state index contributed by atoms with van der Waals surface area (Å²) in [4.78, 5) is 11.4. The number of fused-ring (bicyclic) bond motifs is 1. The Morgan fingerprint density at radius 2 is 1.91 bits per heavy atom. The van der Waals surface area contributed by atoms with Gasteiger partial charge in [0.05, 0.1) is 0 Å². The van der Waals surface area contributed by atoms with Crippen molar-refractivity contribution < 1.29 is 19.4 Å². The normalized spacial score (nSPS) is 12.0. The molecule has 0 radical (unpaired) electrons. The van der Waals surface area contributed by atoms with Crippen LogP contribution < -0.4 is 4.74 Å². The van der Waals surface area contributed by atoms with Gasteiger partial charge in [-0.15, -0.1) is 0 Å². The number of aliphatic hydroxyl groups excluding tert-OH is 1. The lowest BCUT2D eigenvalue weighted by Crippen LogP contribution is -2.25. The molecule has 0 aliphatic heterocycles. The number of hydrogen-bond acceptors (Lipinski definition) is 4. The number of unbranched alkanes of at least 4 members (excludes halogenated alkanes) is 2. The monoisotopic (exact) mass is 435 g/mol. The molecule has 170 valence electrons. The fourth-order valence-electron chi connectivity index (χ4n) is 3.74. The molecule has 32 heavy (non-hydrogen) atoms. The van der Waals surface area contributed by atoms with Gasteiger partial charge in [-0.1, -0.05) is 44.5 Å². The summed E-state index contributed by atoms with van der Waals surface area (Å²) in [6.45, 7) is 10.3. The van der Waals surface area contributed by atoms with E-state index < -0.39 is 12.1 Å². The van der Waals surface area contributed by atoms with Gasteiger partial charge in [0.1, 0.15) is 25.1 Å². The minimum absolute atomic E-state index is 0.0412. The Kier molecular flexibility index (Phi) is 8.12. The fraction of sp³-hybridized carbons (Fsp3) is 0.370. The summed E-state index contributed by atoms with van der Waals surface area (Å²) in [5, 5.41) is 11.3. The van der Waals surface area contributed by atoms with E-state index in [2.05, 4.69) is 61.4 Å². The van der Waals surface area contributed by atoms with Gasteiger partial charge in [0, 0.05) is 34.3 Å². The summed E-state index contributed by atoms with van der Waals surface area (Å²) in [5.74, 6) is 0.156. The number of nitrogens with zero attached hydrogens (tertiary/aromatic N) is 1. The van der Waals surface area contributed by atoms with Crippen LogP contribution in [0, 0.1) is 6.92 Å². The average molecular weight is 436 g/mol. The zero-order valence-corrected chi connectivity index (χ0v) is 19.3. The van der Waals surface area contributed by atoms with E-state index >= 15 is 0 Å². The van der Waals surface area contributed by atoms with Crippen molar-refractivity contribution in [2.45, 2.75) is 52.7 Å². The number of benzene rings is 2. The molecule has 1 heterocycles. The molecule has 1 N–H and O–H groups in total. The maximum Gasteiger partial charge on any atom is 0.333 e. The highest BCUT2D eigenvalue weighted by Gasteiger charge is 2.14. The second-order valence-corrected chi connectivity index (χ2v) is 8.27. The van der Waals surface area contributed by atoms with Crippen LogP contribution in [-0.4, -0.2) is 35.0 Å². The highest BCUT2D eigenvalue weighted by atomic mass is 16.5. The summed E-state index contributed by atoms with van der Waals surface area (Å²) in [6.07, 6.45) is 2.65. The number of carbonyl (C=O) groups excluding carboxylic acids is 1. The molecule has 1 atom stereocenters. The van der Waals surface area contributed by atoms with E-state index in [1.807, 2.05) is 12.1 Å². The van der Waals surface area contributed by atoms with Crippen molar-refractivity contribution in [3.63, 3.8) is 0 Å². The van der Waals surface area contributed by atoms with Crippen LogP contribution in [0.2, 0.25) is 0 Å². The average Bonchev–Trinajstić information content (AvgIpc) is 3.14. The SMILES string of the molecule is C=C(C)C(=O)OCC(O)COc1ccc(-c2cc3ccccc3n2CCCCC)c(C)c1. The van der Waals surface area contributed by atoms with Gasteiger partial charge in [-0.3, -0.25) is 0 Å². The second kappa shape index (κ2) is 11.0. The van der Waals surface area contributed by atoms with Crippen molar-refractivity contribution >= 4 is 16.9 Å². The van der Waals surface area contributed by atoms with Gasteiger partial charge < -0.3 is 19.1 Å². The van der Waals surface area contributed by atoms with Crippen LogP contribution in [0.5, 0.6) is 5.75 Å². The fourth-order valence-corrected chi connectivity index (χ4v) is 3.74. The van der Waals surface area contributed by atoms with Crippen molar-refractivity contribution in [1.29, 1.82) is 0 Å². The number of rotatable bonds is 11. The number of para-hydroxylation sites is 1. The first-order valence-corrected chi connectivity index (χ1v) is 11.2. The third-order valence-electron chi connectivity index (χ3n) is 5.47. The first kappa shape index (κ1) is 23.6. The molecular formula is C27H33NO4. The topological polar surface area (TPSA) is 60.7 Å². The third-order valence-corrected chi connectivity index (χ3v) is 5.47. The molecule has 3 rings (SSSR count). The van der Waals surface area contributed by atoms with Crippen LogP contribution in [-0.2, 0) is 16.1 Å². The quantitative estimate of drug-likeness (QED) is 0.240. The van der Waals surface area contributed by atoms with Gasteiger partial charge in [0.15, 0.2) is 0 Å². The highest BCUT2D eigenvalue weighted by Crippen LogP contribution is 2.32. The summed E-state index contributed by atoms with van der Waals surface area (Å²) in [6, 6.07) is 16.7. The Bertz CT molecular complexity index is 1080. The van der Waals surface area contributed by atoms with E-state index in [1.165, 1.54) is 35.0 Å². The first-order valence-electron chi connectivity index (χ1n) is 11.2. The lowest BCUT2D eigenvalue weighted by Gasteiger charge is -2.16. The molecule has 0 spiro atoms. The van der Waals surface area contributed by atoms with Crippen LogP contribution in [0.3, 0.4) is 0 Å². The molecule has 3 aromatic rings. The summed E-state index contributed by atoms with van der Waals surface area (Å²) < 4.78 is 13.1. The number of aliphatic hydroxyl groups is 1. The lowest BCUT2D eigenvalue weighted by molar-refractivity contribution is -0.142. The number of ether oxygens (including phenoxy) is 2. The highest BCUT2D eigenvalue weighted by molar-refractivity contribution is 5.88. The molecule has 0 fully saturated rings. The van der Waals surface area contributed by atoms with Crippen molar-refractivity contribution in [1.82, 2.24) is 4.57 Å². The maximum absolute atomic E-state index is 11.4. The largest absolute Gasteiger partial charge is 0.491 e. The molecule has 5 nitrogen and oxygen atoms in total. The van der Waals surface area contributed by atoms with E-state index in [4.69, 9.17) is 9.47 Å². The van der Waals surface area contributed by atoms with E-state index in [0.29, 0.717) is 11.3 Å². The number of aryl methyl sites for hydroxylation is 2. The zero-order valence-electron chi connectivity index (χ0n) is 19.3. The van der Waals surface area contributed by atoms with Crippen molar-refractivity contribution in [3.8, 4) is 17.0 Å². The van der Waals surface area contributed by atoms with Gasteiger partial charge in [-0.05, 0) is 56.2 Å². The van der Waals surface area contributed by atoms with Crippen molar-refractivity contribution in [3.05, 3.63) is 66.2 Å². The van der Waals surface area contributed by atoms with Crippen molar-refractivity contribution in [2.75, 3.05) is 13.2 Å². The Labute approximate surface area is 190 Å². The van der Waals surface area contributed by atoms with E-state index in [-0.39, 0.29) is 13.2 Å². The molecule has 1 unspecified atom stereocenters. The Hall–Kier alpha value is -3.05. The Balaban J connectivity index is 1.74. The standard InChI is InChI=1S/C27H33NO4/c1-5-6-9-14-28-25-11-8-7-10-21(25)16-26(28)24-13-12-23(15-20(24)4)31-17-22(29)18-32-27(30)19(2)3/h7-8,10-13,15-16,22,29H,2,5-6,9,14,17-18H2,1,3-4H3. The molecule has 0 amide bonds. The van der Waals surface area contributed by atoms with E-state index in [0.717, 1.165) is 18.5 Å². The first-order chi connectivity index (χ1) is 15.4. The molecular weight excluding hydrogens is 402 g/mol. The maximum atomic E-state index is 11.4. The van der Waals surface area contributed by atoms with Crippen molar-refractivity contribution in [2.24, 2.45) is 0 Å². The Morgan fingerprint density at radius 1 is 1.12 bits per heavy atom. The van der Waals surface area contributed by atoms with Gasteiger partial charge in [-0.2, -0.15) is 0 Å². The lowest BCUT2D eigenvalue weighted by atomic mass is 10.0. The third kappa shape index (κ3) is 5.80. The Morgan fingerprint density at radius 3 is 2.62 bits per heavy atom. The molecule has 0 aliphatic rings. The summed E-state index contributed by atoms with van der Waals surface area (Å²) >= 11 is 0. The molecule has 0 saturated heterocycles. The van der Waals surface area contributed by atoms with Crippen LogP contribution in [0.4, 0.5) is 0 Å². The predicted molar refractivity (Wildman–Crippen MR) is 129 cm³/mol. The minimum atomic E-state index is -0.903. The van der Waals surface area contributed by atoms with Crippen LogP contribution >= 0.6 is 0 Å². The number of hydrogen-bond donors (Lipinski definition) is 1. The number of aromatic nitrogens is 1. The van der Waals surface area contributed by atoms with Crippen LogP contribution in [0.1, 0.15) is 38.7 Å². The molecule has 1 aromatic heterocycles. The molecule has 5 heteroatoms.